The quantitative estimate of drug-likeness (QED) is 0.623. The molecule has 2 aromatic heterocycles. The van der Waals surface area contributed by atoms with Gasteiger partial charge in [-0.3, -0.25) is 9.69 Å². The maximum Gasteiger partial charge on any atom is 0.238 e. The van der Waals surface area contributed by atoms with Gasteiger partial charge in [0.1, 0.15) is 5.76 Å². The van der Waals surface area contributed by atoms with Gasteiger partial charge in [0, 0.05) is 17.7 Å². The van der Waals surface area contributed by atoms with Crippen LogP contribution in [0.25, 0.3) is 0 Å². The minimum absolute atomic E-state index is 0.106. The van der Waals surface area contributed by atoms with Crippen molar-refractivity contribution >= 4 is 32.8 Å². The molecule has 0 aliphatic carbocycles. The molecule has 0 saturated carbocycles. The summed E-state index contributed by atoms with van der Waals surface area (Å²) < 4.78 is 29.2. The number of hydrogen-bond acceptors (Lipinski definition) is 6. The lowest BCUT2D eigenvalue weighted by atomic mass is 10.3. The van der Waals surface area contributed by atoms with Crippen LogP contribution < -0.4 is 5.32 Å². The molecule has 0 unspecified atom stereocenters. The van der Waals surface area contributed by atoms with Crippen LogP contribution in [0.2, 0.25) is 0 Å². The Morgan fingerprint density at radius 3 is 2.59 bits per heavy atom. The first-order valence-electron chi connectivity index (χ1n) is 8.28. The van der Waals surface area contributed by atoms with Crippen molar-refractivity contribution in [2.75, 3.05) is 18.1 Å². The molecule has 3 aromatic rings. The van der Waals surface area contributed by atoms with Gasteiger partial charge in [-0.25, -0.2) is 8.42 Å². The van der Waals surface area contributed by atoms with Gasteiger partial charge in [-0.2, -0.15) is 0 Å². The monoisotopic (exact) mass is 404 g/mol. The number of rotatable bonds is 8. The second-order valence-corrected chi connectivity index (χ2v) is 9.14. The minimum atomic E-state index is -3.43. The van der Waals surface area contributed by atoms with Crippen molar-refractivity contribution in [3.05, 3.63) is 70.8 Å². The highest BCUT2D eigenvalue weighted by Gasteiger charge is 2.17. The molecule has 6 nitrogen and oxygen atoms in total. The maximum atomic E-state index is 12.6. The van der Waals surface area contributed by atoms with Gasteiger partial charge in [0.2, 0.25) is 5.91 Å². The molecule has 1 amide bonds. The highest BCUT2D eigenvalue weighted by atomic mass is 32.2. The summed E-state index contributed by atoms with van der Waals surface area (Å²) in [7, 11) is -3.43. The molecule has 0 fully saturated rings. The molecule has 0 radical (unpaired) electrons. The van der Waals surface area contributed by atoms with E-state index in [-0.39, 0.29) is 17.3 Å². The summed E-state index contributed by atoms with van der Waals surface area (Å²) in [6.07, 6.45) is 2.72. The first-order valence-corrected chi connectivity index (χ1v) is 11.0. The van der Waals surface area contributed by atoms with Crippen molar-refractivity contribution in [1.29, 1.82) is 0 Å². The number of amides is 1. The lowest BCUT2D eigenvalue weighted by Gasteiger charge is -2.20. The standard InChI is InChI=1S/C19H20N2O4S2/c1-27(23,24)18-9-3-2-8-17(18)20-19(22)14-21(12-15-6-4-10-25-15)13-16-7-5-11-26-16/h2-11H,12-14H2,1H3,(H,20,22). The number of nitrogens with zero attached hydrogens (tertiary/aromatic N) is 1. The van der Waals surface area contributed by atoms with Crippen molar-refractivity contribution in [3.8, 4) is 0 Å². The van der Waals surface area contributed by atoms with E-state index in [2.05, 4.69) is 5.32 Å². The summed E-state index contributed by atoms with van der Waals surface area (Å²) in [5, 5.41) is 4.71. The van der Waals surface area contributed by atoms with E-state index in [9.17, 15) is 13.2 Å². The molecule has 0 aliphatic heterocycles. The average molecular weight is 405 g/mol. The molecule has 0 atom stereocenters. The molecule has 3 rings (SSSR count). The number of benzene rings is 1. The smallest absolute Gasteiger partial charge is 0.238 e. The molecule has 142 valence electrons. The molecule has 2 heterocycles. The van der Waals surface area contributed by atoms with Crippen LogP contribution in [0.3, 0.4) is 0 Å². The number of thiophene rings is 1. The molecule has 0 saturated heterocycles. The summed E-state index contributed by atoms with van der Waals surface area (Å²) in [4.78, 5) is 15.8. The van der Waals surface area contributed by atoms with E-state index in [4.69, 9.17) is 4.42 Å². The van der Waals surface area contributed by atoms with Crippen LogP contribution in [-0.4, -0.2) is 32.0 Å². The fraction of sp³-hybridized carbons (Fsp3) is 0.211. The molecule has 27 heavy (non-hydrogen) atoms. The second-order valence-electron chi connectivity index (χ2n) is 6.12. The number of para-hydroxylation sites is 1. The highest BCUT2D eigenvalue weighted by Crippen LogP contribution is 2.21. The number of sulfone groups is 1. The van der Waals surface area contributed by atoms with Gasteiger partial charge < -0.3 is 9.73 Å². The lowest BCUT2D eigenvalue weighted by Crippen LogP contribution is -2.32. The van der Waals surface area contributed by atoms with Crippen molar-refractivity contribution in [2.45, 2.75) is 18.0 Å². The first-order chi connectivity index (χ1) is 12.9. The van der Waals surface area contributed by atoms with Crippen LogP contribution in [0.15, 0.2) is 69.5 Å². The van der Waals surface area contributed by atoms with Crippen LogP contribution in [0, 0.1) is 0 Å². The van der Waals surface area contributed by atoms with Gasteiger partial charge in [-0.05, 0) is 35.7 Å². The Labute approximate surface area is 162 Å². The minimum Gasteiger partial charge on any atom is -0.468 e. The maximum absolute atomic E-state index is 12.6. The molecular weight excluding hydrogens is 384 g/mol. The molecular formula is C19H20N2O4S2. The van der Waals surface area contributed by atoms with E-state index in [1.807, 2.05) is 28.5 Å². The van der Waals surface area contributed by atoms with Crippen molar-refractivity contribution < 1.29 is 17.6 Å². The van der Waals surface area contributed by atoms with Crippen LogP contribution in [0.5, 0.6) is 0 Å². The predicted octanol–water partition coefficient (Wildman–Crippen LogP) is 3.39. The van der Waals surface area contributed by atoms with Gasteiger partial charge in [0.15, 0.2) is 9.84 Å². The van der Waals surface area contributed by atoms with Gasteiger partial charge in [0.05, 0.1) is 29.9 Å². The summed E-state index contributed by atoms with van der Waals surface area (Å²) in [6.45, 7) is 1.18. The SMILES string of the molecule is CS(=O)(=O)c1ccccc1NC(=O)CN(Cc1ccco1)Cc1cccs1. The molecule has 0 aliphatic rings. The van der Waals surface area contributed by atoms with Gasteiger partial charge >= 0.3 is 0 Å². The zero-order valence-electron chi connectivity index (χ0n) is 14.8. The van der Waals surface area contributed by atoms with Crippen LogP contribution in [0.1, 0.15) is 10.6 Å². The number of anilines is 1. The van der Waals surface area contributed by atoms with Gasteiger partial charge in [-0.1, -0.05) is 18.2 Å². The van der Waals surface area contributed by atoms with Crippen LogP contribution in [0.4, 0.5) is 5.69 Å². The Balaban J connectivity index is 1.72. The van der Waals surface area contributed by atoms with Crippen LogP contribution >= 0.6 is 11.3 Å². The first kappa shape index (κ1) is 19.3. The van der Waals surface area contributed by atoms with E-state index in [0.717, 1.165) is 16.9 Å². The largest absolute Gasteiger partial charge is 0.468 e. The Hall–Kier alpha value is -2.42. The van der Waals surface area contributed by atoms with Crippen molar-refractivity contribution in [3.63, 3.8) is 0 Å². The average Bonchev–Trinajstić information content (AvgIpc) is 3.28. The van der Waals surface area contributed by atoms with Gasteiger partial charge in [0.25, 0.3) is 0 Å². The molecule has 0 spiro atoms. The molecule has 1 N–H and O–H groups in total. The summed E-state index contributed by atoms with van der Waals surface area (Å²) in [6, 6.07) is 14.0. The third-order valence-corrected chi connectivity index (χ3v) is 5.86. The van der Waals surface area contributed by atoms with Crippen molar-refractivity contribution in [1.82, 2.24) is 4.90 Å². The Kier molecular flexibility index (Phi) is 6.10. The molecule has 8 heteroatoms. The van der Waals surface area contributed by atoms with E-state index in [1.54, 1.807) is 41.9 Å². The van der Waals surface area contributed by atoms with E-state index >= 15 is 0 Å². The number of carbonyl (C=O) groups excluding carboxylic acids is 1. The lowest BCUT2D eigenvalue weighted by molar-refractivity contribution is -0.117. The summed E-state index contributed by atoms with van der Waals surface area (Å²) in [5.74, 6) is 0.477. The highest BCUT2D eigenvalue weighted by molar-refractivity contribution is 7.90. The zero-order chi connectivity index (χ0) is 19.3. The van der Waals surface area contributed by atoms with Crippen molar-refractivity contribution in [2.24, 2.45) is 0 Å². The number of carbonyl (C=O) groups is 1. The third kappa shape index (κ3) is 5.53. The number of furan rings is 1. The van der Waals surface area contributed by atoms with E-state index in [0.29, 0.717) is 18.8 Å². The Bertz CT molecular complexity index is 944. The Morgan fingerprint density at radius 2 is 1.93 bits per heavy atom. The fourth-order valence-corrected chi connectivity index (χ4v) is 4.29. The predicted molar refractivity (Wildman–Crippen MR) is 105 cm³/mol. The van der Waals surface area contributed by atoms with E-state index in [1.165, 1.54) is 6.07 Å². The summed E-state index contributed by atoms with van der Waals surface area (Å²) >= 11 is 1.62. The summed E-state index contributed by atoms with van der Waals surface area (Å²) in [5.41, 5.74) is 0.291. The zero-order valence-corrected chi connectivity index (χ0v) is 16.4. The normalized spacial score (nSPS) is 11.6. The fourth-order valence-electron chi connectivity index (χ4n) is 2.70. The molecule has 1 aromatic carbocycles. The van der Waals surface area contributed by atoms with Crippen LogP contribution in [-0.2, 0) is 27.7 Å². The topological polar surface area (TPSA) is 79.6 Å². The van der Waals surface area contributed by atoms with Gasteiger partial charge in [-0.15, -0.1) is 11.3 Å². The number of hydrogen-bond donors (Lipinski definition) is 1. The Morgan fingerprint density at radius 1 is 1.11 bits per heavy atom. The third-order valence-electron chi connectivity index (χ3n) is 3.85. The number of nitrogens with one attached hydrogen (secondary N) is 1. The molecule has 0 bridgehead atoms. The van der Waals surface area contributed by atoms with E-state index < -0.39 is 9.84 Å². The second kappa shape index (κ2) is 8.51.